The largest absolute Gasteiger partial charge is 0.429 e. The summed E-state index contributed by atoms with van der Waals surface area (Å²) in [7, 11) is -3.59. The minimum absolute atomic E-state index is 0.103. The molecule has 0 aromatic carbocycles. The molecule has 6 heteroatoms. The van der Waals surface area contributed by atoms with Gasteiger partial charge in [0, 0.05) is 19.6 Å². The zero-order valence-electron chi connectivity index (χ0n) is 8.03. The van der Waals surface area contributed by atoms with Gasteiger partial charge in [0.25, 0.3) is 5.06 Å². The average molecular weight is 209 g/mol. The molecule has 1 unspecified atom stereocenters. The van der Waals surface area contributed by atoms with Crippen molar-refractivity contribution in [2.45, 2.75) is 31.7 Å². The highest BCUT2D eigenvalue weighted by Crippen LogP contribution is 2.18. The summed E-state index contributed by atoms with van der Waals surface area (Å²) in [5.74, 6) is -0.693. The number of rotatable bonds is 4. The van der Waals surface area contributed by atoms with Crippen molar-refractivity contribution >= 4 is 15.8 Å². The predicted molar refractivity (Wildman–Crippen MR) is 48.4 cm³/mol. The Morgan fingerprint density at radius 3 is 2.23 bits per heavy atom. The summed E-state index contributed by atoms with van der Waals surface area (Å²) in [5, 5.41) is -1.87. The highest BCUT2D eigenvalue weighted by Gasteiger charge is 2.38. The SMILES string of the molecule is CCCC(N)(OC(C)=O)S(C)(=O)=O. The quantitative estimate of drug-likeness (QED) is 0.520. The van der Waals surface area contributed by atoms with Crippen LogP contribution < -0.4 is 5.73 Å². The maximum Gasteiger partial charge on any atom is 0.305 e. The monoisotopic (exact) mass is 209 g/mol. The van der Waals surface area contributed by atoms with Gasteiger partial charge < -0.3 is 4.74 Å². The van der Waals surface area contributed by atoms with E-state index in [1.54, 1.807) is 6.92 Å². The number of ether oxygens (including phenoxy) is 1. The molecule has 0 aromatic rings. The third-order valence-electron chi connectivity index (χ3n) is 1.54. The third-order valence-corrected chi connectivity index (χ3v) is 3.09. The molecule has 0 saturated heterocycles. The summed E-state index contributed by atoms with van der Waals surface area (Å²) >= 11 is 0. The number of hydrogen-bond donors (Lipinski definition) is 1. The first-order valence-corrected chi connectivity index (χ1v) is 5.80. The Bertz CT molecular complexity index is 285. The number of sulfone groups is 1. The minimum atomic E-state index is -3.59. The average Bonchev–Trinajstić information content (AvgIpc) is 1.82. The third kappa shape index (κ3) is 3.31. The van der Waals surface area contributed by atoms with E-state index in [2.05, 4.69) is 4.74 Å². The Balaban J connectivity index is 4.84. The molecule has 0 heterocycles. The summed E-state index contributed by atoms with van der Waals surface area (Å²) in [6, 6.07) is 0. The van der Waals surface area contributed by atoms with E-state index in [0.717, 1.165) is 13.2 Å². The molecule has 0 aromatic heterocycles. The predicted octanol–water partition coefficient (Wildman–Crippen LogP) is 0.00670. The fraction of sp³-hybridized carbons (Fsp3) is 0.857. The fourth-order valence-corrected chi connectivity index (χ4v) is 1.75. The van der Waals surface area contributed by atoms with Gasteiger partial charge in [0.15, 0.2) is 0 Å². The van der Waals surface area contributed by atoms with Crippen molar-refractivity contribution < 1.29 is 17.9 Å². The highest BCUT2D eigenvalue weighted by molar-refractivity contribution is 7.91. The van der Waals surface area contributed by atoms with Gasteiger partial charge in [-0.1, -0.05) is 6.92 Å². The smallest absolute Gasteiger partial charge is 0.305 e. The molecule has 0 saturated carbocycles. The number of nitrogens with two attached hydrogens (primary N) is 1. The Labute approximate surface area is 78.2 Å². The first-order chi connectivity index (χ1) is 5.73. The van der Waals surface area contributed by atoms with E-state index in [1.807, 2.05) is 0 Å². The number of carbonyl (C=O) groups excluding carboxylic acids is 1. The summed E-state index contributed by atoms with van der Waals surface area (Å²) in [5.41, 5.74) is 5.46. The first kappa shape index (κ1) is 12.4. The summed E-state index contributed by atoms with van der Waals surface area (Å²) < 4.78 is 26.9. The number of hydrogen-bond acceptors (Lipinski definition) is 5. The van der Waals surface area contributed by atoms with Gasteiger partial charge in [-0.2, -0.15) is 0 Å². The molecular formula is C7H15NO4S. The van der Waals surface area contributed by atoms with Crippen LogP contribution >= 0.6 is 0 Å². The molecule has 78 valence electrons. The zero-order valence-corrected chi connectivity index (χ0v) is 8.85. The van der Waals surface area contributed by atoms with Crippen LogP contribution in [-0.2, 0) is 19.4 Å². The van der Waals surface area contributed by atoms with Gasteiger partial charge in [-0.15, -0.1) is 0 Å². The minimum Gasteiger partial charge on any atom is -0.429 e. The molecule has 0 aliphatic rings. The molecule has 0 aliphatic carbocycles. The van der Waals surface area contributed by atoms with Crippen LogP contribution in [0.15, 0.2) is 0 Å². The topological polar surface area (TPSA) is 86.5 Å². The molecule has 0 aliphatic heterocycles. The Kier molecular flexibility index (Phi) is 3.87. The molecule has 0 spiro atoms. The van der Waals surface area contributed by atoms with Crippen LogP contribution in [0.4, 0.5) is 0 Å². The van der Waals surface area contributed by atoms with Gasteiger partial charge in [0.1, 0.15) is 0 Å². The molecule has 0 radical (unpaired) electrons. The molecule has 2 N–H and O–H groups in total. The van der Waals surface area contributed by atoms with Gasteiger partial charge in [-0.25, -0.2) is 8.42 Å². The summed E-state index contributed by atoms with van der Waals surface area (Å²) in [6.45, 7) is 2.89. The van der Waals surface area contributed by atoms with Crippen LogP contribution in [0.2, 0.25) is 0 Å². The van der Waals surface area contributed by atoms with Crippen molar-refractivity contribution in [3.8, 4) is 0 Å². The second kappa shape index (κ2) is 4.06. The van der Waals surface area contributed by atoms with E-state index in [9.17, 15) is 13.2 Å². The molecule has 0 bridgehead atoms. The van der Waals surface area contributed by atoms with Gasteiger partial charge in [-0.3, -0.25) is 10.5 Å². The number of esters is 1. The summed E-state index contributed by atoms with van der Waals surface area (Å²) in [4.78, 5) is 10.6. The van der Waals surface area contributed by atoms with Gasteiger partial charge in [0.2, 0.25) is 9.84 Å². The standard InChI is InChI=1S/C7H15NO4S/c1-4-5-7(8,12-6(2)9)13(3,10)11/h4-5,8H2,1-3H3. The zero-order chi connectivity index (χ0) is 10.7. The Morgan fingerprint density at radius 2 is 2.00 bits per heavy atom. The lowest BCUT2D eigenvalue weighted by atomic mass is 10.3. The van der Waals surface area contributed by atoms with Crippen LogP contribution in [0, 0.1) is 0 Å². The lowest BCUT2D eigenvalue weighted by molar-refractivity contribution is -0.149. The van der Waals surface area contributed by atoms with Crippen LogP contribution in [0.25, 0.3) is 0 Å². The van der Waals surface area contributed by atoms with Crippen LogP contribution in [-0.4, -0.2) is 25.7 Å². The van der Waals surface area contributed by atoms with Crippen molar-refractivity contribution in [3.05, 3.63) is 0 Å². The number of carbonyl (C=O) groups is 1. The van der Waals surface area contributed by atoms with Crippen LogP contribution in [0.3, 0.4) is 0 Å². The van der Waals surface area contributed by atoms with E-state index in [1.165, 1.54) is 0 Å². The molecule has 13 heavy (non-hydrogen) atoms. The van der Waals surface area contributed by atoms with Crippen LogP contribution in [0.1, 0.15) is 26.7 Å². The van der Waals surface area contributed by atoms with Crippen molar-refractivity contribution in [1.82, 2.24) is 0 Å². The lowest BCUT2D eigenvalue weighted by Crippen LogP contribution is -2.50. The van der Waals surface area contributed by atoms with E-state index in [4.69, 9.17) is 5.73 Å². The highest BCUT2D eigenvalue weighted by atomic mass is 32.2. The van der Waals surface area contributed by atoms with E-state index in [-0.39, 0.29) is 6.42 Å². The van der Waals surface area contributed by atoms with Crippen molar-refractivity contribution in [2.24, 2.45) is 5.73 Å². The van der Waals surface area contributed by atoms with E-state index < -0.39 is 20.9 Å². The normalized spacial score (nSPS) is 16.3. The van der Waals surface area contributed by atoms with Crippen molar-refractivity contribution in [2.75, 3.05) is 6.26 Å². The first-order valence-electron chi connectivity index (χ1n) is 3.91. The second-order valence-electron chi connectivity index (χ2n) is 2.93. The van der Waals surface area contributed by atoms with Gasteiger partial charge in [0.05, 0.1) is 0 Å². The van der Waals surface area contributed by atoms with Crippen LogP contribution in [0.5, 0.6) is 0 Å². The van der Waals surface area contributed by atoms with Crippen molar-refractivity contribution in [1.29, 1.82) is 0 Å². The molecule has 1 atom stereocenters. The van der Waals surface area contributed by atoms with Crippen molar-refractivity contribution in [3.63, 3.8) is 0 Å². The maximum atomic E-state index is 11.2. The molecule has 5 nitrogen and oxygen atoms in total. The fourth-order valence-electron chi connectivity index (χ4n) is 0.904. The van der Waals surface area contributed by atoms with Gasteiger partial charge in [-0.05, 0) is 6.42 Å². The molecule has 0 rings (SSSR count). The lowest BCUT2D eigenvalue weighted by Gasteiger charge is -2.26. The second-order valence-corrected chi connectivity index (χ2v) is 5.16. The molecular weight excluding hydrogens is 194 g/mol. The Morgan fingerprint density at radius 1 is 1.54 bits per heavy atom. The molecule has 0 amide bonds. The van der Waals surface area contributed by atoms with E-state index >= 15 is 0 Å². The maximum absolute atomic E-state index is 11.2. The van der Waals surface area contributed by atoms with E-state index in [0.29, 0.717) is 6.42 Å². The Hall–Kier alpha value is -0.620. The molecule has 0 fully saturated rings. The summed E-state index contributed by atoms with van der Waals surface area (Å²) in [6.07, 6.45) is 1.58. The van der Waals surface area contributed by atoms with Gasteiger partial charge >= 0.3 is 5.97 Å².